The molecule has 0 saturated carbocycles. The molecule has 0 aromatic carbocycles. The highest BCUT2D eigenvalue weighted by atomic mass is 16.6. The van der Waals surface area contributed by atoms with Gasteiger partial charge in [0.2, 0.25) is 0 Å². The molecule has 80 valence electrons. The number of ether oxygens (including phenoxy) is 2. The standard InChI is InChI=1S/C10H17NO3/c1-10(3-4-11-7-10)9(12)14-8-2-5-13-6-8/h8,11H,2-7H2,1H3. The highest BCUT2D eigenvalue weighted by molar-refractivity contribution is 5.77. The molecule has 1 N–H and O–H groups in total. The van der Waals surface area contributed by atoms with Crippen molar-refractivity contribution in [1.29, 1.82) is 0 Å². The average molecular weight is 199 g/mol. The molecular formula is C10H17NO3. The monoisotopic (exact) mass is 199 g/mol. The number of esters is 1. The van der Waals surface area contributed by atoms with Crippen molar-refractivity contribution in [3.63, 3.8) is 0 Å². The van der Waals surface area contributed by atoms with Gasteiger partial charge in [-0.3, -0.25) is 4.79 Å². The summed E-state index contributed by atoms with van der Waals surface area (Å²) in [5, 5.41) is 3.19. The van der Waals surface area contributed by atoms with Crippen LogP contribution < -0.4 is 5.32 Å². The molecule has 2 fully saturated rings. The van der Waals surface area contributed by atoms with Crippen LogP contribution in [0.15, 0.2) is 0 Å². The van der Waals surface area contributed by atoms with Gasteiger partial charge in [-0.2, -0.15) is 0 Å². The predicted octanol–water partition coefficient (Wildman–Crippen LogP) is 0.318. The largest absolute Gasteiger partial charge is 0.459 e. The van der Waals surface area contributed by atoms with Gasteiger partial charge in [0.05, 0.1) is 18.6 Å². The van der Waals surface area contributed by atoms with Gasteiger partial charge in [0.15, 0.2) is 0 Å². The quantitative estimate of drug-likeness (QED) is 0.651. The van der Waals surface area contributed by atoms with Gasteiger partial charge in [0.25, 0.3) is 0 Å². The summed E-state index contributed by atoms with van der Waals surface area (Å²) < 4.78 is 10.6. The minimum Gasteiger partial charge on any atom is -0.459 e. The number of carbonyl (C=O) groups excluding carboxylic acids is 1. The summed E-state index contributed by atoms with van der Waals surface area (Å²) in [4.78, 5) is 11.8. The Hall–Kier alpha value is -0.610. The number of carbonyl (C=O) groups is 1. The molecule has 0 spiro atoms. The summed E-state index contributed by atoms with van der Waals surface area (Å²) in [6.07, 6.45) is 1.70. The van der Waals surface area contributed by atoms with E-state index in [1.807, 2.05) is 6.92 Å². The molecule has 14 heavy (non-hydrogen) atoms. The van der Waals surface area contributed by atoms with E-state index >= 15 is 0 Å². The van der Waals surface area contributed by atoms with Crippen molar-refractivity contribution in [3.05, 3.63) is 0 Å². The topological polar surface area (TPSA) is 47.6 Å². The van der Waals surface area contributed by atoms with Crippen molar-refractivity contribution in [2.45, 2.75) is 25.9 Å². The van der Waals surface area contributed by atoms with E-state index < -0.39 is 0 Å². The molecular weight excluding hydrogens is 182 g/mol. The Bertz CT molecular complexity index is 217. The van der Waals surface area contributed by atoms with Gasteiger partial charge in [-0.05, 0) is 19.9 Å². The molecule has 0 aromatic rings. The Morgan fingerprint density at radius 3 is 3.07 bits per heavy atom. The Morgan fingerprint density at radius 2 is 2.50 bits per heavy atom. The van der Waals surface area contributed by atoms with Gasteiger partial charge in [0.1, 0.15) is 6.10 Å². The summed E-state index contributed by atoms with van der Waals surface area (Å²) in [5.74, 6) is -0.0713. The molecule has 0 aromatic heterocycles. The maximum Gasteiger partial charge on any atom is 0.313 e. The van der Waals surface area contributed by atoms with Crippen molar-refractivity contribution >= 4 is 5.97 Å². The highest BCUT2D eigenvalue weighted by Gasteiger charge is 2.39. The molecule has 0 radical (unpaired) electrons. The molecule has 0 aliphatic carbocycles. The van der Waals surface area contributed by atoms with Crippen LogP contribution in [0.25, 0.3) is 0 Å². The average Bonchev–Trinajstić information content (AvgIpc) is 2.76. The third-order valence-corrected chi connectivity index (χ3v) is 3.02. The zero-order valence-corrected chi connectivity index (χ0v) is 8.54. The molecule has 2 unspecified atom stereocenters. The molecule has 4 heteroatoms. The van der Waals surface area contributed by atoms with Crippen LogP contribution >= 0.6 is 0 Å². The molecule has 2 aliphatic heterocycles. The van der Waals surface area contributed by atoms with Crippen LogP contribution in [0.3, 0.4) is 0 Å². The Balaban J connectivity index is 1.87. The number of hydrogen-bond acceptors (Lipinski definition) is 4. The third kappa shape index (κ3) is 1.91. The minimum absolute atomic E-state index is 0.0140. The summed E-state index contributed by atoms with van der Waals surface area (Å²) >= 11 is 0. The molecule has 0 amide bonds. The lowest BCUT2D eigenvalue weighted by Crippen LogP contribution is -2.34. The van der Waals surface area contributed by atoms with Crippen molar-refractivity contribution in [1.82, 2.24) is 5.32 Å². The van der Waals surface area contributed by atoms with E-state index in [1.165, 1.54) is 0 Å². The number of hydrogen-bond donors (Lipinski definition) is 1. The fourth-order valence-corrected chi connectivity index (χ4v) is 1.89. The second-order valence-corrected chi connectivity index (χ2v) is 4.38. The second kappa shape index (κ2) is 3.87. The van der Waals surface area contributed by atoms with Crippen LogP contribution in [0.4, 0.5) is 0 Å². The summed E-state index contributed by atoms with van der Waals surface area (Å²) in [7, 11) is 0. The maximum atomic E-state index is 11.8. The summed E-state index contributed by atoms with van der Waals surface area (Å²) in [6.45, 7) is 4.89. The van der Waals surface area contributed by atoms with Crippen molar-refractivity contribution < 1.29 is 14.3 Å². The van der Waals surface area contributed by atoms with E-state index in [1.54, 1.807) is 0 Å². The van der Waals surface area contributed by atoms with Gasteiger partial charge in [-0.25, -0.2) is 0 Å². The van der Waals surface area contributed by atoms with Crippen molar-refractivity contribution in [2.75, 3.05) is 26.3 Å². The first kappa shape index (κ1) is 9.93. The van der Waals surface area contributed by atoms with E-state index in [0.29, 0.717) is 13.2 Å². The van der Waals surface area contributed by atoms with E-state index in [4.69, 9.17) is 9.47 Å². The molecule has 2 saturated heterocycles. The maximum absolute atomic E-state index is 11.8. The van der Waals surface area contributed by atoms with Crippen LogP contribution in [0.5, 0.6) is 0 Å². The predicted molar refractivity (Wildman–Crippen MR) is 50.9 cm³/mol. The summed E-state index contributed by atoms with van der Waals surface area (Å²) in [5.41, 5.74) is -0.317. The van der Waals surface area contributed by atoms with Crippen LogP contribution in [0.2, 0.25) is 0 Å². The molecule has 2 heterocycles. The SMILES string of the molecule is CC1(C(=O)OC2CCOC2)CCNC1. The minimum atomic E-state index is -0.317. The van der Waals surface area contributed by atoms with E-state index in [0.717, 1.165) is 25.9 Å². The summed E-state index contributed by atoms with van der Waals surface area (Å²) in [6, 6.07) is 0. The van der Waals surface area contributed by atoms with Gasteiger partial charge >= 0.3 is 5.97 Å². The molecule has 2 rings (SSSR count). The zero-order valence-electron chi connectivity index (χ0n) is 8.54. The zero-order chi connectivity index (χ0) is 10.0. The van der Waals surface area contributed by atoms with Crippen LogP contribution in [0.1, 0.15) is 19.8 Å². The first-order chi connectivity index (χ1) is 6.71. The Morgan fingerprint density at radius 1 is 1.64 bits per heavy atom. The van der Waals surface area contributed by atoms with Crippen molar-refractivity contribution in [2.24, 2.45) is 5.41 Å². The lowest BCUT2D eigenvalue weighted by Gasteiger charge is -2.22. The first-order valence-electron chi connectivity index (χ1n) is 5.20. The Labute approximate surface area is 84.0 Å². The fraction of sp³-hybridized carbons (Fsp3) is 0.900. The second-order valence-electron chi connectivity index (χ2n) is 4.38. The smallest absolute Gasteiger partial charge is 0.313 e. The number of nitrogens with one attached hydrogen (secondary N) is 1. The molecule has 0 bridgehead atoms. The van der Waals surface area contributed by atoms with Crippen LogP contribution in [-0.4, -0.2) is 38.4 Å². The van der Waals surface area contributed by atoms with Gasteiger partial charge in [-0.1, -0.05) is 0 Å². The van der Waals surface area contributed by atoms with Crippen molar-refractivity contribution in [3.8, 4) is 0 Å². The lowest BCUT2D eigenvalue weighted by molar-refractivity contribution is -0.159. The van der Waals surface area contributed by atoms with Gasteiger partial charge in [0, 0.05) is 13.0 Å². The first-order valence-corrected chi connectivity index (χ1v) is 5.20. The normalized spacial score (nSPS) is 37.4. The van der Waals surface area contributed by atoms with Gasteiger partial charge < -0.3 is 14.8 Å². The van der Waals surface area contributed by atoms with Crippen LogP contribution in [0, 0.1) is 5.41 Å². The fourth-order valence-electron chi connectivity index (χ4n) is 1.89. The lowest BCUT2D eigenvalue weighted by atomic mass is 9.90. The molecule has 2 atom stereocenters. The van der Waals surface area contributed by atoms with E-state index in [-0.39, 0.29) is 17.5 Å². The highest BCUT2D eigenvalue weighted by Crippen LogP contribution is 2.27. The third-order valence-electron chi connectivity index (χ3n) is 3.02. The Kier molecular flexibility index (Phi) is 2.74. The number of rotatable bonds is 2. The molecule has 2 aliphatic rings. The van der Waals surface area contributed by atoms with E-state index in [9.17, 15) is 4.79 Å². The molecule has 4 nitrogen and oxygen atoms in total. The van der Waals surface area contributed by atoms with Crippen LogP contribution in [-0.2, 0) is 14.3 Å². The van der Waals surface area contributed by atoms with E-state index in [2.05, 4.69) is 5.32 Å². The van der Waals surface area contributed by atoms with Gasteiger partial charge in [-0.15, -0.1) is 0 Å².